The summed E-state index contributed by atoms with van der Waals surface area (Å²) in [5, 5.41) is 8.59. The van der Waals surface area contributed by atoms with E-state index in [9.17, 15) is 0 Å². The lowest BCUT2D eigenvalue weighted by Crippen LogP contribution is -2.01. The van der Waals surface area contributed by atoms with E-state index in [2.05, 4.69) is 20.3 Å². The number of hydrogen-bond donors (Lipinski definition) is 0. The second-order valence-corrected chi connectivity index (χ2v) is 5.75. The minimum Gasteiger partial charge on any atom is -0.496 e. The molecular weight excluding hydrogens is 326 g/mol. The molecule has 0 saturated carbocycles. The van der Waals surface area contributed by atoms with Gasteiger partial charge in [0, 0.05) is 23.5 Å². The van der Waals surface area contributed by atoms with Gasteiger partial charge in [0.15, 0.2) is 5.82 Å². The number of nitrogens with zero attached hydrogens (tertiary/aromatic N) is 5. The third-order valence-electron chi connectivity index (χ3n) is 4.18. The Kier molecular flexibility index (Phi) is 4.15. The van der Waals surface area contributed by atoms with Crippen molar-refractivity contribution in [3.8, 4) is 34.1 Å². The van der Waals surface area contributed by atoms with Crippen molar-refractivity contribution in [2.75, 3.05) is 7.11 Å². The van der Waals surface area contributed by atoms with Crippen LogP contribution in [0.5, 0.6) is 5.75 Å². The lowest BCUT2D eigenvalue weighted by atomic mass is 10.0. The van der Waals surface area contributed by atoms with Gasteiger partial charge in [-0.3, -0.25) is 4.98 Å². The molecule has 0 fully saturated rings. The van der Waals surface area contributed by atoms with Gasteiger partial charge in [-0.2, -0.15) is 4.68 Å². The number of methoxy groups -OCH3 is 1. The molecule has 6 nitrogen and oxygen atoms in total. The molecule has 0 atom stereocenters. The Morgan fingerprint density at radius 2 is 1.73 bits per heavy atom. The van der Waals surface area contributed by atoms with Crippen molar-refractivity contribution >= 4 is 0 Å². The maximum atomic E-state index is 5.59. The summed E-state index contributed by atoms with van der Waals surface area (Å²) in [6.45, 7) is 1.98. The minimum atomic E-state index is 0.737. The molecule has 0 aliphatic rings. The van der Waals surface area contributed by atoms with Crippen LogP contribution in [0.1, 0.15) is 5.69 Å². The van der Waals surface area contributed by atoms with Crippen molar-refractivity contribution in [3.05, 3.63) is 72.7 Å². The van der Waals surface area contributed by atoms with Gasteiger partial charge in [0.25, 0.3) is 0 Å². The fraction of sp³-hybridized carbons (Fsp3) is 0.100. The summed E-state index contributed by atoms with van der Waals surface area (Å²) < 4.78 is 7.32. The maximum Gasteiger partial charge on any atom is 0.155 e. The number of aromatic nitrogens is 5. The molecule has 0 unspecified atom stereocenters. The van der Waals surface area contributed by atoms with E-state index in [0.717, 1.165) is 39.8 Å². The topological polar surface area (TPSA) is 65.7 Å². The average Bonchev–Trinajstić information content (AvgIpc) is 3.10. The summed E-state index contributed by atoms with van der Waals surface area (Å²) >= 11 is 0. The van der Waals surface area contributed by atoms with Gasteiger partial charge >= 0.3 is 0 Å². The van der Waals surface area contributed by atoms with Gasteiger partial charge in [-0.1, -0.05) is 23.4 Å². The second-order valence-electron chi connectivity index (χ2n) is 5.75. The lowest BCUT2D eigenvalue weighted by molar-refractivity contribution is 0.416. The fourth-order valence-corrected chi connectivity index (χ4v) is 2.86. The van der Waals surface area contributed by atoms with Crippen molar-refractivity contribution in [1.82, 2.24) is 25.0 Å². The molecule has 4 rings (SSSR count). The monoisotopic (exact) mass is 343 g/mol. The first kappa shape index (κ1) is 16.0. The van der Waals surface area contributed by atoms with E-state index in [1.54, 1.807) is 24.2 Å². The highest BCUT2D eigenvalue weighted by Gasteiger charge is 2.15. The predicted octanol–water partition coefficient (Wildman–Crippen LogP) is 3.71. The molecule has 1 aromatic carbocycles. The molecule has 0 N–H and O–H groups in total. The zero-order chi connectivity index (χ0) is 17.9. The largest absolute Gasteiger partial charge is 0.496 e. The van der Waals surface area contributed by atoms with Gasteiger partial charge in [-0.15, -0.1) is 5.10 Å². The normalized spacial score (nSPS) is 10.7. The van der Waals surface area contributed by atoms with E-state index in [1.165, 1.54) is 0 Å². The summed E-state index contributed by atoms with van der Waals surface area (Å²) in [7, 11) is 1.66. The van der Waals surface area contributed by atoms with Crippen LogP contribution in [-0.4, -0.2) is 32.1 Å². The summed E-state index contributed by atoms with van der Waals surface area (Å²) in [6, 6.07) is 17.5. The molecular formula is C20H17N5O. The van der Waals surface area contributed by atoms with Crippen LogP contribution in [0.25, 0.3) is 28.3 Å². The molecule has 26 heavy (non-hydrogen) atoms. The van der Waals surface area contributed by atoms with Crippen molar-refractivity contribution in [2.24, 2.45) is 0 Å². The van der Waals surface area contributed by atoms with Crippen LogP contribution in [0.15, 0.2) is 67.0 Å². The van der Waals surface area contributed by atoms with Gasteiger partial charge in [-0.05, 0) is 43.3 Å². The first-order valence-electron chi connectivity index (χ1n) is 8.21. The maximum absolute atomic E-state index is 5.59. The van der Waals surface area contributed by atoms with Crippen LogP contribution >= 0.6 is 0 Å². The number of ether oxygens (including phenoxy) is 1. The lowest BCUT2D eigenvalue weighted by Gasteiger charge is -2.10. The van der Waals surface area contributed by atoms with Crippen molar-refractivity contribution in [3.63, 3.8) is 0 Å². The molecule has 4 aromatic rings. The van der Waals surface area contributed by atoms with Gasteiger partial charge in [0.2, 0.25) is 0 Å². The zero-order valence-corrected chi connectivity index (χ0v) is 14.5. The van der Waals surface area contributed by atoms with Gasteiger partial charge in [0.05, 0.1) is 18.5 Å². The Bertz CT molecular complexity index is 1030. The number of rotatable bonds is 4. The van der Waals surface area contributed by atoms with E-state index >= 15 is 0 Å². The van der Waals surface area contributed by atoms with E-state index in [-0.39, 0.29) is 0 Å². The molecule has 0 spiro atoms. The number of pyridine rings is 2. The van der Waals surface area contributed by atoms with Crippen LogP contribution in [0.4, 0.5) is 0 Å². The first-order valence-corrected chi connectivity index (χ1v) is 8.21. The zero-order valence-electron chi connectivity index (χ0n) is 14.5. The molecule has 0 aliphatic carbocycles. The molecule has 3 aromatic heterocycles. The SMILES string of the molecule is COc1cc(-c2nnn(-c3ccccn3)c2C)ccc1-c1ccccn1. The fourth-order valence-electron chi connectivity index (χ4n) is 2.86. The van der Waals surface area contributed by atoms with E-state index in [4.69, 9.17) is 4.74 Å². The molecule has 0 radical (unpaired) electrons. The van der Waals surface area contributed by atoms with E-state index in [0.29, 0.717) is 0 Å². The number of benzene rings is 1. The van der Waals surface area contributed by atoms with Crippen LogP contribution in [0.2, 0.25) is 0 Å². The highest BCUT2D eigenvalue weighted by Crippen LogP contribution is 2.33. The van der Waals surface area contributed by atoms with Crippen molar-refractivity contribution in [1.29, 1.82) is 0 Å². The minimum absolute atomic E-state index is 0.737. The van der Waals surface area contributed by atoms with Crippen LogP contribution in [-0.2, 0) is 0 Å². The third-order valence-corrected chi connectivity index (χ3v) is 4.18. The molecule has 0 bridgehead atoms. The van der Waals surface area contributed by atoms with Crippen molar-refractivity contribution < 1.29 is 4.74 Å². The summed E-state index contributed by atoms with van der Waals surface area (Å²) in [5.41, 5.74) is 4.44. The Labute approximate surface area is 151 Å². The Balaban J connectivity index is 1.77. The Morgan fingerprint density at radius 1 is 0.923 bits per heavy atom. The van der Waals surface area contributed by atoms with Crippen LogP contribution < -0.4 is 4.74 Å². The standard InChI is InChI=1S/C20H17N5O/c1-14-20(23-24-25(14)19-8-4-6-12-22-19)15-9-10-16(18(13-15)26-2)17-7-3-5-11-21-17/h3-13H,1-2H3. The molecule has 0 amide bonds. The summed E-state index contributed by atoms with van der Waals surface area (Å²) in [4.78, 5) is 8.73. The predicted molar refractivity (Wildman–Crippen MR) is 99.1 cm³/mol. The van der Waals surface area contributed by atoms with Crippen LogP contribution in [0.3, 0.4) is 0 Å². The molecule has 128 valence electrons. The Morgan fingerprint density at radius 3 is 2.42 bits per heavy atom. The average molecular weight is 343 g/mol. The second kappa shape index (κ2) is 6.76. The third kappa shape index (κ3) is 2.82. The molecule has 3 heterocycles. The molecule has 0 saturated heterocycles. The smallest absolute Gasteiger partial charge is 0.155 e. The quantitative estimate of drug-likeness (QED) is 0.565. The van der Waals surface area contributed by atoms with E-state index in [1.807, 2.05) is 61.5 Å². The van der Waals surface area contributed by atoms with Gasteiger partial charge in [0.1, 0.15) is 11.4 Å². The van der Waals surface area contributed by atoms with Gasteiger partial charge in [-0.25, -0.2) is 4.98 Å². The molecule has 0 aliphatic heterocycles. The van der Waals surface area contributed by atoms with Crippen LogP contribution in [0, 0.1) is 6.92 Å². The van der Waals surface area contributed by atoms with Gasteiger partial charge < -0.3 is 4.74 Å². The molecule has 6 heteroatoms. The summed E-state index contributed by atoms with van der Waals surface area (Å²) in [6.07, 6.45) is 3.51. The number of hydrogen-bond acceptors (Lipinski definition) is 5. The summed E-state index contributed by atoms with van der Waals surface area (Å²) in [5.74, 6) is 1.48. The highest BCUT2D eigenvalue weighted by atomic mass is 16.5. The highest BCUT2D eigenvalue weighted by molar-refractivity contribution is 5.74. The van der Waals surface area contributed by atoms with Crippen molar-refractivity contribution in [2.45, 2.75) is 6.92 Å². The van der Waals surface area contributed by atoms with E-state index < -0.39 is 0 Å². The first-order chi connectivity index (χ1) is 12.8. The Hall–Kier alpha value is -3.54.